The SMILES string of the molecule is C=CCc1ccc(OC)c(O[C@@H]2O[C@H](CO)[C@@H](O)[C@H](O)[C@H]2O)c1. The minimum absolute atomic E-state index is 0.316. The molecular formula is C16H22O7. The first-order valence-electron chi connectivity index (χ1n) is 7.26. The van der Waals surface area contributed by atoms with Gasteiger partial charge in [0.05, 0.1) is 13.7 Å². The average molecular weight is 326 g/mol. The molecule has 7 nitrogen and oxygen atoms in total. The maximum Gasteiger partial charge on any atom is 0.229 e. The molecule has 0 unspecified atom stereocenters. The predicted octanol–water partition coefficient (Wildman–Crippen LogP) is -0.398. The number of rotatable bonds is 6. The molecule has 7 heteroatoms. The Morgan fingerprint density at radius 2 is 1.91 bits per heavy atom. The monoisotopic (exact) mass is 326 g/mol. The van der Waals surface area contributed by atoms with Crippen LogP contribution in [0.1, 0.15) is 5.56 Å². The van der Waals surface area contributed by atoms with Crippen LogP contribution >= 0.6 is 0 Å². The summed E-state index contributed by atoms with van der Waals surface area (Å²) in [6.07, 6.45) is -4.31. The van der Waals surface area contributed by atoms with E-state index in [9.17, 15) is 20.4 Å². The minimum atomic E-state index is -1.49. The normalized spacial score (nSPS) is 30.7. The molecular weight excluding hydrogens is 304 g/mol. The van der Waals surface area contributed by atoms with E-state index in [0.717, 1.165) is 5.56 Å². The Morgan fingerprint density at radius 3 is 2.52 bits per heavy atom. The Kier molecular flexibility index (Phi) is 5.97. The summed E-state index contributed by atoms with van der Waals surface area (Å²) in [5.74, 6) is 0.742. The van der Waals surface area contributed by atoms with Crippen LogP contribution in [0.2, 0.25) is 0 Å². The third kappa shape index (κ3) is 3.82. The summed E-state index contributed by atoms with van der Waals surface area (Å²) in [6, 6.07) is 5.26. The van der Waals surface area contributed by atoms with Crippen molar-refractivity contribution < 1.29 is 34.6 Å². The highest BCUT2D eigenvalue weighted by Crippen LogP contribution is 2.32. The van der Waals surface area contributed by atoms with Gasteiger partial charge in [0, 0.05) is 0 Å². The van der Waals surface area contributed by atoms with Gasteiger partial charge in [-0.2, -0.15) is 0 Å². The van der Waals surface area contributed by atoms with E-state index in [0.29, 0.717) is 17.9 Å². The summed E-state index contributed by atoms with van der Waals surface area (Å²) in [7, 11) is 1.47. The van der Waals surface area contributed by atoms with Crippen LogP contribution in [0.5, 0.6) is 11.5 Å². The molecule has 4 N–H and O–H groups in total. The molecule has 0 amide bonds. The molecule has 0 saturated carbocycles. The van der Waals surface area contributed by atoms with Crippen LogP contribution in [0.3, 0.4) is 0 Å². The highest BCUT2D eigenvalue weighted by Gasteiger charge is 2.44. The summed E-state index contributed by atoms with van der Waals surface area (Å²) in [4.78, 5) is 0. The van der Waals surface area contributed by atoms with Crippen molar-refractivity contribution in [2.75, 3.05) is 13.7 Å². The zero-order chi connectivity index (χ0) is 17.0. The lowest BCUT2D eigenvalue weighted by Crippen LogP contribution is -2.60. The van der Waals surface area contributed by atoms with Crippen LogP contribution in [0, 0.1) is 0 Å². The Balaban J connectivity index is 2.22. The number of hydrogen-bond acceptors (Lipinski definition) is 7. The number of methoxy groups -OCH3 is 1. The lowest BCUT2D eigenvalue weighted by atomic mass is 9.99. The first-order valence-corrected chi connectivity index (χ1v) is 7.26. The van der Waals surface area contributed by atoms with E-state index >= 15 is 0 Å². The van der Waals surface area contributed by atoms with E-state index in [1.807, 2.05) is 6.07 Å². The Bertz CT molecular complexity index is 531. The predicted molar refractivity (Wildman–Crippen MR) is 81.3 cm³/mol. The van der Waals surface area contributed by atoms with Gasteiger partial charge in [-0.1, -0.05) is 12.1 Å². The molecule has 1 fully saturated rings. The molecule has 0 aliphatic carbocycles. The van der Waals surface area contributed by atoms with Crippen LogP contribution in [-0.4, -0.2) is 64.8 Å². The van der Waals surface area contributed by atoms with Crippen LogP contribution in [0.4, 0.5) is 0 Å². The van der Waals surface area contributed by atoms with Gasteiger partial charge in [0.25, 0.3) is 0 Å². The van der Waals surface area contributed by atoms with Gasteiger partial charge in [0.15, 0.2) is 11.5 Å². The van der Waals surface area contributed by atoms with E-state index < -0.39 is 37.3 Å². The minimum Gasteiger partial charge on any atom is -0.493 e. The molecule has 1 aliphatic rings. The van der Waals surface area contributed by atoms with E-state index in [1.54, 1.807) is 18.2 Å². The molecule has 23 heavy (non-hydrogen) atoms. The summed E-state index contributed by atoms with van der Waals surface area (Å²) < 4.78 is 16.1. The molecule has 128 valence electrons. The van der Waals surface area contributed by atoms with Crippen molar-refractivity contribution in [2.24, 2.45) is 0 Å². The third-order valence-corrected chi connectivity index (χ3v) is 3.70. The van der Waals surface area contributed by atoms with Crippen LogP contribution in [0.25, 0.3) is 0 Å². The lowest BCUT2D eigenvalue weighted by Gasteiger charge is -2.39. The molecule has 0 bridgehead atoms. The van der Waals surface area contributed by atoms with Crippen molar-refractivity contribution >= 4 is 0 Å². The molecule has 0 radical (unpaired) electrons. The number of aliphatic hydroxyl groups excluding tert-OH is 4. The fourth-order valence-corrected chi connectivity index (χ4v) is 2.40. The molecule has 2 rings (SSSR count). The largest absolute Gasteiger partial charge is 0.493 e. The van der Waals surface area contributed by atoms with Crippen molar-refractivity contribution in [3.05, 3.63) is 36.4 Å². The van der Waals surface area contributed by atoms with E-state index in [-0.39, 0.29) is 0 Å². The Hall–Kier alpha value is -1.64. The van der Waals surface area contributed by atoms with E-state index in [1.165, 1.54) is 7.11 Å². The Labute approximate surface area is 134 Å². The topological polar surface area (TPSA) is 109 Å². The quantitative estimate of drug-likeness (QED) is 0.527. The molecule has 5 atom stereocenters. The van der Waals surface area contributed by atoms with E-state index in [2.05, 4.69) is 6.58 Å². The van der Waals surface area contributed by atoms with Crippen LogP contribution in [-0.2, 0) is 11.2 Å². The first-order chi connectivity index (χ1) is 11.0. The summed E-state index contributed by atoms with van der Waals surface area (Å²) in [5, 5.41) is 38.8. The zero-order valence-electron chi connectivity index (χ0n) is 12.8. The van der Waals surface area contributed by atoms with Gasteiger partial charge in [-0.3, -0.25) is 0 Å². The first kappa shape index (κ1) is 17.7. The number of benzene rings is 1. The third-order valence-electron chi connectivity index (χ3n) is 3.70. The van der Waals surface area contributed by atoms with Crippen molar-refractivity contribution in [3.8, 4) is 11.5 Å². The second-order valence-corrected chi connectivity index (χ2v) is 5.29. The van der Waals surface area contributed by atoms with Gasteiger partial charge in [0.1, 0.15) is 24.4 Å². The summed E-state index contributed by atoms with van der Waals surface area (Å²) in [5.41, 5.74) is 0.917. The highest BCUT2D eigenvalue weighted by atomic mass is 16.7. The molecule has 0 spiro atoms. The number of ether oxygens (including phenoxy) is 3. The fourth-order valence-electron chi connectivity index (χ4n) is 2.40. The van der Waals surface area contributed by atoms with Gasteiger partial charge in [-0.25, -0.2) is 0 Å². The van der Waals surface area contributed by atoms with Gasteiger partial charge in [0.2, 0.25) is 6.29 Å². The zero-order valence-corrected chi connectivity index (χ0v) is 12.8. The molecule has 1 saturated heterocycles. The molecule has 0 aromatic heterocycles. The highest BCUT2D eigenvalue weighted by molar-refractivity contribution is 5.43. The van der Waals surface area contributed by atoms with Gasteiger partial charge < -0.3 is 34.6 Å². The standard InChI is InChI=1S/C16H22O7/c1-3-4-9-5-6-10(21-2)11(7-9)22-16-15(20)14(19)13(18)12(8-17)23-16/h3,5-7,12-20H,1,4,8H2,2H3/t12-,13-,14+,15-,16-/m1/s1. The number of allylic oxidation sites excluding steroid dienone is 1. The molecule has 1 heterocycles. The maximum atomic E-state index is 10.0. The van der Waals surface area contributed by atoms with Crippen molar-refractivity contribution in [2.45, 2.75) is 37.1 Å². The van der Waals surface area contributed by atoms with E-state index in [4.69, 9.17) is 14.2 Å². The lowest BCUT2D eigenvalue weighted by molar-refractivity contribution is -0.277. The van der Waals surface area contributed by atoms with Crippen LogP contribution in [0.15, 0.2) is 30.9 Å². The molecule has 1 aromatic rings. The van der Waals surface area contributed by atoms with Gasteiger partial charge in [-0.15, -0.1) is 6.58 Å². The summed E-state index contributed by atoms with van der Waals surface area (Å²) in [6.45, 7) is 3.15. The molecule has 1 aliphatic heterocycles. The summed E-state index contributed by atoms with van der Waals surface area (Å²) >= 11 is 0. The fraction of sp³-hybridized carbons (Fsp3) is 0.500. The second kappa shape index (κ2) is 7.76. The smallest absolute Gasteiger partial charge is 0.229 e. The second-order valence-electron chi connectivity index (χ2n) is 5.29. The van der Waals surface area contributed by atoms with Crippen LogP contribution < -0.4 is 9.47 Å². The maximum absolute atomic E-state index is 10.0. The average Bonchev–Trinajstić information content (AvgIpc) is 2.56. The van der Waals surface area contributed by atoms with Crippen molar-refractivity contribution in [3.63, 3.8) is 0 Å². The number of hydrogen-bond donors (Lipinski definition) is 4. The van der Waals surface area contributed by atoms with Gasteiger partial charge in [-0.05, 0) is 24.1 Å². The Morgan fingerprint density at radius 1 is 1.17 bits per heavy atom. The number of aliphatic hydroxyl groups is 4. The molecule has 1 aromatic carbocycles. The van der Waals surface area contributed by atoms with Crippen molar-refractivity contribution in [1.82, 2.24) is 0 Å². The van der Waals surface area contributed by atoms with Crippen molar-refractivity contribution in [1.29, 1.82) is 0 Å². The van der Waals surface area contributed by atoms with Gasteiger partial charge >= 0.3 is 0 Å².